The van der Waals surface area contributed by atoms with Crippen molar-refractivity contribution in [3.05, 3.63) is 41.7 Å². The minimum Gasteiger partial charge on any atom is -0.392 e. The molecular formula is C23H33N7O2. The Hall–Kier alpha value is -2.62. The summed E-state index contributed by atoms with van der Waals surface area (Å²) in [5.74, 6) is 1.54. The maximum atomic E-state index is 9.94. The van der Waals surface area contributed by atoms with E-state index in [-0.39, 0.29) is 17.6 Å². The zero-order valence-electron chi connectivity index (χ0n) is 19.1. The first-order valence-electron chi connectivity index (χ1n) is 11.3. The van der Waals surface area contributed by atoms with Crippen molar-refractivity contribution in [1.82, 2.24) is 30.3 Å². The molecule has 0 spiro atoms. The number of rotatable bonds is 3. The van der Waals surface area contributed by atoms with E-state index >= 15 is 0 Å². The van der Waals surface area contributed by atoms with Crippen LogP contribution in [0.2, 0.25) is 0 Å². The van der Waals surface area contributed by atoms with Crippen molar-refractivity contribution in [1.29, 1.82) is 0 Å². The Balaban J connectivity index is 0.000000354. The van der Waals surface area contributed by atoms with E-state index in [1.165, 1.54) is 0 Å². The van der Waals surface area contributed by atoms with Gasteiger partial charge in [-0.05, 0) is 24.9 Å². The van der Waals surface area contributed by atoms with Gasteiger partial charge in [-0.3, -0.25) is 0 Å². The predicted molar refractivity (Wildman–Crippen MR) is 124 cm³/mol. The van der Waals surface area contributed by atoms with E-state index in [1.54, 1.807) is 0 Å². The lowest BCUT2D eigenvalue weighted by molar-refractivity contribution is 0.196. The Morgan fingerprint density at radius 3 is 2.41 bits per heavy atom. The van der Waals surface area contributed by atoms with Crippen molar-refractivity contribution >= 4 is 17.0 Å². The second kappa shape index (κ2) is 9.48. The summed E-state index contributed by atoms with van der Waals surface area (Å²) < 4.78 is 1.83. The van der Waals surface area contributed by atoms with Crippen LogP contribution in [-0.4, -0.2) is 73.6 Å². The lowest BCUT2D eigenvalue weighted by atomic mass is 9.96. The highest BCUT2D eigenvalue weighted by Gasteiger charge is 2.28. The largest absolute Gasteiger partial charge is 0.392 e. The third kappa shape index (κ3) is 5.23. The van der Waals surface area contributed by atoms with Crippen LogP contribution >= 0.6 is 0 Å². The van der Waals surface area contributed by atoms with Crippen molar-refractivity contribution in [2.45, 2.75) is 57.8 Å². The minimum absolute atomic E-state index is 0.0648. The van der Waals surface area contributed by atoms with E-state index in [2.05, 4.69) is 53.4 Å². The first-order valence-corrected chi connectivity index (χ1v) is 11.3. The first-order chi connectivity index (χ1) is 15.3. The van der Waals surface area contributed by atoms with Crippen molar-refractivity contribution in [3.63, 3.8) is 0 Å². The highest BCUT2D eigenvalue weighted by molar-refractivity contribution is 5.83. The maximum Gasteiger partial charge on any atom is 0.184 e. The zero-order valence-corrected chi connectivity index (χ0v) is 19.1. The summed E-state index contributed by atoms with van der Waals surface area (Å²) in [6.45, 7) is 10.0. The summed E-state index contributed by atoms with van der Waals surface area (Å²) in [4.78, 5) is 11.7. The van der Waals surface area contributed by atoms with Crippen molar-refractivity contribution < 1.29 is 10.2 Å². The summed E-state index contributed by atoms with van der Waals surface area (Å²) in [6, 6.07) is 10.2. The lowest BCUT2D eigenvalue weighted by Crippen LogP contribution is -2.25. The molecule has 0 saturated carbocycles. The number of fused-ring (bicyclic) bond motifs is 1. The van der Waals surface area contributed by atoms with Gasteiger partial charge in [0.25, 0.3) is 0 Å². The molecule has 9 heteroatoms. The summed E-state index contributed by atoms with van der Waals surface area (Å²) in [7, 11) is 0. The van der Waals surface area contributed by atoms with E-state index < -0.39 is 0 Å². The van der Waals surface area contributed by atoms with Crippen LogP contribution in [-0.2, 0) is 12.0 Å². The minimum atomic E-state index is -0.322. The van der Waals surface area contributed by atoms with Crippen LogP contribution in [0.25, 0.3) is 11.2 Å². The molecule has 5 rings (SSSR count). The van der Waals surface area contributed by atoms with Gasteiger partial charge < -0.3 is 20.4 Å². The third-order valence-corrected chi connectivity index (χ3v) is 5.69. The van der Waals surface area contributed by atoms with E-state index in [4.69, 9.17) is 15.1 Å². The molecule has 0 aliphatic carbocycles. The molecule has 172 valence electrons. The summed E-state index contributed by atoms with van der Waals surface area (Å²) in [5.41, 5.74) is 2.39. The van der Waals surface area contributed by atoms with Crippen molar-refractivity contribution in [2.75, 3.05) is 31.1 Å². The van der Waals surface area contributed by atoms with E-state index in [1.807, 2.05) is 22.9 Å². The molecule has 2 aliphatic heterocycles. The number of β-amino-alcohol motifs (C(OH)–C–C–N with tert-alkyl or cyclic N) is 2. The van der Waals surface area contributed by atoms with Gasteiger partial charge in [0.1, 0.15) is 5.82 Å². The molecule has 0 amide bonds. The molecule has 2 saturated heterocycles. The Morgan fingerprint density at radius 2 is 1.84 bits per heavy atom. The fourth-order valence-corrected chi connectivity index (χ4v) is 3.83. The van der Waals surface area contributed by atoms with Gasteiger partial charge in [0.05, 0.1) is 18.8 Å². The molecular weight excluding hydrogens is 406 g/mol. The third-order valence-electron chi connectivity index (χ3n) is 5.69. The molecule has 3 aromatic rings. The van der Waals surface area contributed by atoms with Crippen LogP contribution < -0.4 is 10.2 Å². The van der Waals surface area contributed by atoms with E-state index in [0.717, 1.165) is 55.3 Å². The Morgan fingerprint density at radius 1 is 1.06 bits per heavy atom. The molecule has 1 aromatic carbocycles. The Kier molecular flexibility index (Phi) is 6.68. The Bertz CT molecular complexity index is 1030. The molecule has 2 aliphatic rings. The number of anilines is 1. The second-order valence-electron chi connectivity index (χ2n) is 9.56. The average Bonchev–Trinajstić information content (AvgIpc) is 3.50. The smallest absolute Gasteiger partial charge is 0.184 e. The molecule has 2 fully saturated rings. The topological polar surface area (TPSA) is 112 Å². The van der Waals surface area contributed by atoms with Crippen LogP contribution in [0.5, 0.6) is 0 Å². The standard InChI is InChI=1S/C19H24N6O.C4H9NO/c1-19(2,3)18-20-16(24-10-9-14(26)12-24)15-17(21-18)25(23-22-15)11-13-7-5-4-6-8-13;6-4-1-2-5-3-4/h4-8,14,26H,9-12H2,1-3H3;4-6H,1-3H2/t14-;/m1./s1. The number of hydrogen-bond acceptors (Lipinski definition) is 8. The van der Waals surface area contributed by atoms with E-state index in [0.29, 0.717) is 18.6 Å². The number of hydrogen-bond donors (Lipinski definition) is 3. The van der Waals surface area contributed by atoms with Gasteiger partial charge >= 0.3 is 0 Å². The lowest BCUT2D eigenvalue weighted by Gasteiger charge is -2.21. The van der Waals surface area contributed by atoms with Crippen molar-refractivity contribution in [3.8, 4) is 0 Å². The average molecular weight is 440 g/mol. The zero-order chi connectivity index (χ0) is 22.7. The molecule has 2 atom stereocenters. The molecule has 4 heterocycles. The fraction of sp³-hybridized carbons (Fsp3) is 0.565. The van der Waals surface area contributed by atoms with Gasteiger partial charge in [0.2, 0.25) is 0 Å². The van der Waals surface area contributed by atoms with Crippen LogP contribution in [0.15, 0.2) is 30.3 Å². The summed E-state index contributed by atoms with van der Waals surface area (Å²) in [6.07, 6.45) is 1.29. The quantitative estimate of drug-likeness (QED) is 0.563. The molecule has 32 heavy (non-hydrogen) atoms. The van der Waals surface area contributed by atoms with Gasteiger partial charge in [-0.15, -0.1) is 5.10 Å². The number of nitrogens with one attached hydrogen (secondary N) is 1. The van der Waals surface area contributed by atoms with Crippen molar-refractivity contribution in [2.24, 2.45) is 0 Å². The number of aromatic nitrogens is 5. The normalized spacial score (nSPS) is 21.1. The Labute approximate surface area is 188 Å². The number of benzene rings is 1. The maximum absolute atomic E-state index is 9.94. The molecule has 1 unspecified atom stereocenters. The van der Waals surface area contributed by atoms with E-state index in [9.17, 15) is 5.11 Å². The van der Waals surface area contributed by atoms with Crippen LogP contribution in [0.4, 0.5) is 5.82 Å². The van der Waals surface area contributed by atoms with Gasteiger partial charge in [-0.1, -0.05) is 56.3 Å². The summed E-state index contributed by atoms with van der Waals surface area (Å²) >= 11 is 0. The molecule has 2 aromatic heterocycles. The second-order valence-corrected chi connectivity index (χ2v) is 9.56. The molecule has 9 nitrogen and oxygen atoms in total. The van der Waals surface area contributed by atoms with Gasteiger partial charge in [-0.25, -0.2) is 14.6 Å². The summed E-state index contributed by atoms with van der Waals surface area (Å²) in [5, 5.41) is 30.3. The fourth-order valence-electron chi connectivity index (χ4n) is 3.83. The van der Waals surface area contributed by atoms with Crippen LogP contribution in [0.1, 0.15) is 45.0 Å². The number of aliphatic hydroxyl groups excluding tert-OH is 2. The highest BCUT2D eigenvalue weighted by atomic mass is 16.3. The first kappa shape index (κ1) is 22.6. The molecule has 3 N–H and O–H groups in total. The van der Waals surface area contributed by atoms with Gasteiger partial charge in [0, 0.05) is 25.0 Å². The monoisotopic (exact) mass is 439 g/mol. The van der Waals surface area contributed by atoms with Gasteiger partial charge in [-0.2, -0.15) is 0 Å². The van der Waals surface area contributed by atoms with Gasteiger partial charge in [0.15, 0.2) is 17.0 Å². The van der Waals surface area contributed by atoms with Crippen LogP contribution in [0.3, 0.4) is 0 Å². The van der Waals surface area contributed by atoms with Crippen LogP contribution in [0, 0.1) is 0 Å². The molecule has 0 radical (unpaired) electrons. The SMILES string of the molecule is CC(C)(C)c1nc(N2CC[C@@H](O)C2)c2nnn(Cc3ccccc3)c2n1.OC1CCNC1. The molecule has 0 bridgehead atoms. The number of nitrogens with zero attached hydrogens (tertiary/aromatic N) is 6. The highest BCUT2D eigenvalue weighted by Crippen LogP contribution is 2.29. The number of aliphatic hydroxyl groups is 2. The predicted octanol–water partition coefficient (Wildman–Crippen LogP) is 1.48.